The zero-order chi connectivity index (χ0) is 24.2. The zero-order valence-corrected chi connectivity index (χ0v) is 17.8. The third kappa shape index (κ3) is 4.73. The number of aromatic nitrogens is 3. The molecule has 1 aromatic heterocycles. The summed E-state index contributed by atoms with van der Waals surface area (Å²) in [5, 5.41) is 39.3. The van der Waals surface area contributed by atoms with Gasteiger partial charge in [0.05, 0.1) is 16.9 Å². The van der Waals surface area contributed by atoms with Crippen molar-refractivity contribution in [1.82, 2.24) is 15.4 Å². The van der Waals surface area contributed by atoms with Gasteiger partial charge in [0, 0.05) is 0 Å². The molecule has 0 bridgehead atoms. The van der Waals surface area contributed by atoms with E-state index in [0.29, 0.717) is 22.3 Å². The van der Waals surface area contributed by atoms with E-state index in [0.717, 1.165) is 11.0 Å². The highest BCUT2D eigenvalue weighted by Crippen LogP contribution is 2.34. The molecule has 0 saturated heterocycles. The molecule has 0 amide bonds. The number of fused-ring (bicyclic) bond motifs is 1. The average Bonchev–Trinajstić information content (AvgIpc) is 3.32. The van der Waals surface area contributed by atoms with Gasteiger partial charge in [-0.3, -0.25) is 0 Å². The number of phenols is 2. The second-order valence-electron chi connectivity index (χ2n) is 7.46. The van der Waals surface area contributed by atoms with E-state index in [1.165, 1.54) is 24.3 Å². The van der Waals surface area contributed by atoms with Crippen LogP contribution in [0, 0.1) is 0 Å². The fraction of sp³-hybridized carbons (Fsp3) is 0. The van der Waals surface area contributed by atoms with Gasteiger partial charge in [-0.25, -0.2) is 4.79 Å². The van der Waals surface area contributed by atoms with Gasteiger partial charge >= 0.3 is 5.97 Å². The molecule has 8 N–H and O–H groups in total. The number of aromatic amines is 1. The molecule has 34 heavy (non-hydrogen) atoms. The van der Waals surface area contributed by atoms with E-state index in [9.17, 15) is 20.1 Å². The van der Waals surface area contributed by atoms with E-state index >= 15 is 0 Å². The number of hydrogen-bond acceptors (Lipinski definition) is 7. The Morgan fingerprint density at radius 1 is 0.676 bits per heavy atom. The van der Waals surface area contributed by atoms with Crippen LogP contribution in [-0.4, -0.2) is 36.7 Å². The summed E-state index contributed by atoms with van der Waals surface area (Å²) >= 11 is 0. The number of nitrogens with two attached hydrogens (primary N) is 2. The summed E-state index contributed by atoms with van der Waals surface area (Å²) < 4.78 is 0. The quantitative estimate of drug-likeness (QED) is 0.173. The van der Waals surface area contributed by atoms with Crippen LogP contribution in [-0.2, 0) is 0 Å². The van der Waals surface area contributed by atoms with Crippen molar-refractivity contribution in [2.75, 3.05) is 11.5 Å². The Balaban J connectivity index is 0.000000252. The summed E-state index contributed by atoms with van der Waals surface area (Å²) in [6.07, 6.45) is 0. The molecular formula is C25H21N5O4. The maximum atomic E-state index is 11.5. The van der Waals surface area contributed by atoms with Gasteiger partial charge in [-0.1, -0.05) is 24.3 Å². The maximum Gasteiger partial charge on any atom is 0.335 e. The first-order valence-electron chi connectivity index (χ1n) is 10.1. The van der Waals surface area contributed by atoms with Crippen LogP contribution in [0.15, 0.2) is 78.9 Å². The summed E-state index contributed by atoms with van der Waals surface area (Å²) in [6, 6.07) is 21.9. The highest BCUT2D eigenvalue weighted by molar-refractivity contribution is 5.92. The summed E-state index contributed by atoms with van der Waals surface area (Å²) in [5.74, 6) is -1.24. The van der Waals surface area contributed by atoms with Crippen molar-refractivity contribution in [2.24, 2.45) is 0 Å². The van der Waals surface area contributed by atoms with Crippen LogP contribution >= 0.6 is 0 Å². The van der Waals surface area contributed by atoms with Gasteiger partial charge in [0.25, 0.3) is 0 Å². The smallest absolute Gasteiger partial charge is 0.335 e. The Kier molecular flexibility index (Phi) is 6.00. The number of aromatic hydroxyl groups is 2. The van der Waals surface area contributed by atoms with Gasteiger partial charge in [0.15, 0.2) is 0 Å². The van der Waals surface area contributed by atoms with Gasteiger partial charge in [0.2, 0.25) is 0 Å². The molecule has 0 radical (unpaired) electrons. The molecule has 0 saturated carbocycles. The standard InChI is InChI=1S/C19H16N2O4.C6H5N3/c20-15-3-1-10(8-17(15)22)12-5-13(7-14(6-12)19(24)25)11-2-4-16(21)18(23)9-11;1-2-4-6-5(3-1)7-9-8-6/h1-9,22-23H,20-21H2,(H,24,25);1-4H,(H,7,8,9). The Morgan fingerprint density at radius 3 is 1.56 bits per heavy atom. The average molecular weight is 455 g/mol. The lowest BCUT2D eigenvalue weighted by atomic mass is 9.95. The van der Waals surface area contributed by atoms with Crippen LogP contribution in [0.2, 0.25) is 0 Å². The van der Waals surface area contributed by atoms with Crippen LogP contribution in [0.1, 0.15) is 10.4 Å². The second kappa shape index (κ2) is 9.21. The monoisotopic (exact) mass is 455 g/mol. The number of carbonyl (C=O) groups is 1. The number of anilines is 2. The normalized spacial score (nSPS) is 10.5. The first-order valence-corrected chi connectivity index (χ1v) is 10.1. The highest BCUT2D eigenvalue weighted by Gasteiger charge is 2.12. The minimum atomic E-state index is -1.08. The number of rotatable bonds is 3. The third-order valence-corrected chi connectivity index (χ3v) is 5.13. The summed E-state index contributed by atoms with van der Waals surface area (Å²) in [5.41, 5.74) is 16.1. The number of carboxylic acid groups (broad SMARTS) is 1. The predicted octanol–water partition coefficient (Wildman–Crippen LogP) is 4.25. The molecular weight excluding hydrogens is 434 g/mol. The number of nitrogen functional groups attached to an aromatic ring is 2. The molecule has 1 heterocycles. The van der Waals surface area contributed by atoms with E-state index in [4.69, 9.17) is 11.5 Å². The van der Waals surface area contributed by atoms with Crippen molar-refractivity contribution >= 4 is 28.4 Å². The van der Waals surface area contributed by atoms with E-state index < -0.39 is 5.97 Å². The molecule has 0 aliphatic heterocycles. The van der Waals surface area contributed by atoms with Gasteiger partial charge in [-0.05, 0) is 76.9 Å². The lowest BCUT2D eigenvalue weighted by Crippen LogP contribution is -1.98. The fourth-order valence-corrected chi connectivity index (χ4v) is 3.32. The molecule has 0 spiro atoms. The highest BCUT2D eigenvalue weighted by atomic mass is 16.4. The van der Waals surface area contributed by atoms with Crippen LogP contribution in [0.4, 0.5) is 11.4 Å². The second-order valence-corrected chi connectivity index (χ2v) is 7.46. The number of aromatic carboxylic acids is 1. The lowest BCUT2D eigenvalue weighted by molar-refractivity contribution is 0.0697. The molecule has 9 heteroatoms. The Labute approximate surface area is 193 Å². The number of para-hydroxylation sites is 2. The summed E-state index contributed by atoms with van der Waals surface area (Å²) in [7, 11) is 0. The fourth-order valence-electron chi connectivity index (χ4n) is 3.32. The number of carboxylic acids is 1. The number of hydrogen-bond donors (Lipinski definition) is 6. The topological polar surface area (TPSA) is 171 Å². The molecule has 0 aliphatic rings. The molecule has 5 aromatic rings. The van der Waals surface area contributed by atoms with Crippen LogP contribution < -0.4 is 11.5 Å². The molecule has 0 atom stereocenters. The minimum absolute atomic E-state index is 0.0788. The van der Waals surface area contributed by atoms with Crippen LogP contribution in [0.5, 0.6) is 11.5 Å². The number of H-pyrrole nitrogens is 1. The number of phenolic OH excluding ortho intramolecular Hbond substituents is 2. The first kappa shape index (κ1) is 22.2. The zero-order valence-electron chi connectivity index (χ0n) is 17.8. The molecule has 0 fully saturated rings. The third-order valence-electron chi connectivity index (χ3n) is 5.13. The largest absolute Gasteiger partial charge is 0.506 e. The molecule has 0 unspecified atom stereocenters. The first-order chi connectivity index (χ1) is 16.3. The van der Waals surface area contributed by atoms with Crippen molar-refractivity contribution in [3.63, 3.8) is 0 Å². The van der Waals surface area contributed by atoms with Crippen molar-refractivity contribution in [3.05, 3.63) is 84.4 Å². The Hall–Kier alpha value is -5.05. The minimum Gasteiger partial charge on any atom is -0.506 e. The SMILES string of the molecule is Nc1ccc(-c2cc(C(=O)O)cc(-c3ccc(N)c(O)c3)c2)cc1O.c1ccc2n[nH]nc2c1. The number of nitrogens with zero attached hydrogens (tertiary/aromatic N) is 2. The molecule has 9 nitrogen and oxygen atoms in total. The molecule has 0 aliphatic carbocycles. The van der Waals surface area contributed by atoms with Gasteiger partial charge < -0.3 is 26.8 Å². The van der Waals surface area contributed by atoms with E-state index in [1.807, 2.05) is 24.3 Å². The van der Waals surface area contributed by atoms with Crippen LogP contribution in [0.25, 0.3) is 33.3 Å². The number of nitrogens with one attached hydrogen (secondary N) is 1. The summed E-state index contributed by atoms with van der Waals surface area (Å²) in [6.45, 7) is 0. The van der Waals surface area contributed by atoms with Crippen molar-refractivity contribution < 1.29 is 20.1 Å². The van der Waals surface area contributed by atoms with Crippen molar-refractivity contribution in [2.45, 2.75) is 0 Å². The molecule has 4 aromatic carbocycles. The predicted molar refractivity (Wildman–Crippen MR) is 130 cm³/mol. The lowest BCUT2D eigenvalue weighted by Gasteiger charge is -2.10. The number of benzene rings is 4. The summed E-state index contributed by atoms with van der Waals surface area (Å²) in [4.78, 5) is 11.5. The van der Waals surface area contributed by atoms with Crippen molar-refractivity contribution in [3.8, 4) is 33.8 Å². The van der Waals surface area contributed by atoms with Gasteiger partial charge in [-0.2, -0.15) is 15.4 Å². The van der Waals surface area contributed by atoms with E-state index in [-0.39, 0.29) is 28.4 Å². The van der Waals surface area contributed by atoms with E-state index in [2.05, 4.69) is 15.4 Å². The Morgan fingerprint density at radius 2 is 1.15 bits per heavy atom. The van der Waals surface area contributed by atoms with Crippen LogP contribution in [0.3, 0.4) is 0 Å². The van der Waals surface area contributed by atoms with Gasteiger partial charge in [0.1, 0.15) is 22.5 Å². The van der Waals surface area contributed by atoms with E-state index in [1.54, 1.807) is 30.3 Å². The van der Waals surface area contributed by atoms with Gasteiger partial charge in [-0.15, -0.1) is 0 Å². The Bertz CT molecular complexity index is 1400. The van der Waals surface area contributed by atoms with Crippen molar-refractivity contribution in [1.29, 1.82) is 0 Å². The molecule has 170 valence electrons. The molecule has 5 rings (SSSR count). The maximum absolute atomic E-state index is 11.5.